The number of anilines is 1. The highest BCUT2D eigenvalue weighted by Crippen LogP contribution is 2.34. The number of rotatable bonds is 5. The van der Waals surface area contributed by atoms with Gasteiger partial charge in [0.15, 0.2) is 0 Å². The molecule has 1 aliphatic rings. The highest BCUT2D eigenvalue weighted by molar-refractivity contribution is 5.96. The van der Waals surface area contributed by atoms with Crippen molar-refractivity contribution < 1.29 is 9.53 Å². The van der Waals surface area contributed by atoms with E-state index < -0.39 is 0 Å². The average Bonchev–Trinajstić information content (AvgIpc) is 3.36. The summed E-state index contributed by atoms with van der Waals surface area (Å²) in [5, 5.41) is 0. The van der Waals surface area contributed by atoms with Crippen molar-refractivity contribution in [3.05, 3.63) is 89.7 Å². The fourth-order valence-corrected chi connectivity index (χ4v) is 4.36. The summed E-state index contributed by atoms with van der Waals surface area (Å²) in [6.45, 7) is 3.45. The Bertz CT molecular complexity index is 1240. The number of para-hydroxylation sites is 2. The minimum absolute atomic E-state index is 0.0385. The molecule has 5 rings (SSSR count). The van der Waals surface area contributed by atoms with Crippen LogP contribution in [0.3, 0.4) is 0 Å². The first kappa shape index (κ1) is 19.4. The van der Waals surface area contributed by atoms with Gasteiger partial charge in [-0.3, -0.25) is 4.79 Å². The van der Waals surface area contributed by atoms with Crippen LogP contribution in [0.15, 0.2) is 72.8 Å². The number of carbonyl (C=O) groups is 1. The molecule has 0 N–H and O–H groups in total. The van der Waals surface area contributed by atoms with E-state index in [-0.39, 0.29) is 11.8 Å². The summed E-state index contributed by atoms with van der Waals surface area (Å²) >= 11 is 0. The van der Waals surface area contributed by atoms with Crippen molar-refractivity contribution in [1.82, 2.24) is 9.55 Å². The quantitative estimate of drug-likeness (QED) is 0.468. The highest BCUT2D eigenvalue weighted by Gasteiger charge is 2.35. The lowest BCUT2D eigenvalue weighted by molar-refractivity contribution is -0.117. The maximum atomic E-state index is 12.9. The molecule has 1 saturated heterocycles. The number of fused-ring (bicyclic) bond motifs is 1. The first-order valence-electron chi connectivity index (χ1n) is 10.6. The van der Waals surface area contributed by atoms with E-state index in [1.165, 1.54) is 11.1 Å². The molecule has 156 valence electrons. The van der Waals surface area contributed by atoms with E-state index in [0.29, 0.717) is 13.0 Å². The Morgan fingerprint density at radius 1 is 1.03 bits per heavy atom. The fraction of sp³-hybridized carbons (Fsp3) is 0.231. The van der Waals surface area contributed by atoms with Crippen molar-refractivity contribution in [2.75, 3.05) is 18.6 Å². The normalized spacial score (nSPS) is 16.3. The summed E-state index contributed by atoms with van der Waals surface area (Å²) < 4.78 is 7.61. The zero-order valence-corrected chi connectivity index (χ0v) is 17.8. The van der Waals surface area contributed by atoms with Gasteiger partial charge in [0.1, 0.15) is 11.6 Å². The molecule has 1 aliphatic heterocycles. The van der Waals surface area contributed by atoms with Crippen molar-refractivity contribution in [3.63, 3.8) is 0 Å². The third-order valence-corrected chi connectivity index (χ3v) is 6.00. The minimum Gasteiger partial charge on any atom is -0.497 e. The highest BCUT2D eigenvalue weighted by atomic mass is 16.5. The Balaban J connectivity index is 1.51. The third kappa shape index (κ3) is 3.67. The molecule has 5 heteroatoms. The first-order chi connectivity index (χ1) is 15.1. The van der Waals surface area contributed by atoms with Crippen LogP contribution in [-0.2, 0) is 11.3 Å². The Labute approximate surface area is 181 Å². The summed E-state index contributed by atoms with van der Waals surface area (Å²) in [5.74, 6) is 1.88. The third-order valence-electron chi connectivity index (χ3n) is 6.00. The van der Waals surface area contributed by atoms with Crippen LogP contribution in [0.4, 0.5) is 5.69 Å². The van der Waals surface area contributed by atoms with E-state index in [1.807, 2.05) is 47.4 Å². The molecular weight excluding hydrogens is 386 g/mol. The molecule has 4 aromatic rings. The standard InChI is InChI=1S/C26H25N3O2/c1-18-10-12-19(13-11-18)16-29-24-9-4-3-8-23(24)27-26(29)20-14-25(30)28(17-20)21-6-5-7-22(15-21)31-2/h3-13,15,20H,14,16-17H2,1-2H3/t20-/m0/s1. The zero-order valence-electron chi connectivity index (χ0n) is 17.8. The Hall–Kier alpha value is -3.60. The molecule has 0 radical (unpaired) electrons. The predicted molar refractivity (Wildman–Crippen MR) is 123 cm³/mol. The lowest BCUT2D eigenvalue weighted by Crippen LogP contribution is -2.24. The molecule has 1 fully saturated rings. The lowest BCUT2D eigenvalue weighted by Gasteiger charge is -2.18. The van der Waals surface area contributed by atoms with E-state index in [2.05, 4.69) is 41.8 Å². The maximum absolute atomic E-state index is 12.9. The molecule has 0 spiro atoms. The summed E-state index contributed by atoms with van der Waals surface area (Å²) in [5.41, 5.74) is 5.41. The number of hydrogen-bond donors (Lipinski definition) is 0. The second kappa shape index (κ2) is 7.91. The second-order valence-electron chi connectivity index (χ2n) is 8.14. The summed E-state index contributed by atoms with van der Waals surface area (Å²) in [6, 6.07) is 24.5. The van der Waals surface area contributed by atoms with Gasteiger partial charge >= 0.3 is 0 Å². The zero-order chi connectivity index (χ0) is 21.4. The van der Waals surface area contributed by atoms with Crippen LogP contribution in [0.5, 0.6) is 5.75 Å². The predicted octanol–water partition coefficient (Wildman–Crippen LogP) is 4.92. The van der Waals surface area contributed by atoms with Crippen molar-refractivity contribution >= 4 is 22.6 Å². The van der Waals surface area contributed by atoms with Crippen molar-refractivity contribution in [2.45, 2.75) is 25.8 Å². The Kier molecular flexibility index (Phi) is 4.94. The molecule has 1 atom stereocenters. The van der Waals surface area contributed by atoms with Gasteiger partial charge in [-0.15, -0.1) is 0 Å². The number of hydrogen-bond acceptors (Lipinski definition) is 3. The molecule has 0 bridgehead atoms. The number of ether oxygens (including phenoxy) is 1. The molecule has 0 aliphatic carbocycles. The Morgan fingerprint density at radius 2 is 1.84 bits per heavy atom. The van der Waals surface area contributed by atoms with Crippen LogP contribution in [0.2, 0.25) is 0 Å². The van der Waals surface area contributed by atoms with Gasteiger partial charge in [0.25, 0.3) is 0 Å². The maximum Gasteiger partial charge on any atom is 0.227 e. The van der Waals surface area contributed by atoms with Crippen LogP contribution < -0.4 is 9.64 Å². The second-order valence-corrected chi connectivity index (χ2v) is 8.14. The van der Waals surface area contributed by atoms with Crippen LogP contribution in [0.1, 0.15) is 29.3 Å². The van der Waals surface area contributed by atoms with Crippen molar-refractivity contribution in [3.8, 4) is 5.75 Å². The smallest absolute Gasteiger partial charge is 0.227 e. The van der Waals surface area contributed by atoms with Crippen LogP contribution in [0.25, 0.3) is 11.0 Å². The SMILES string of the molecule is COc1cccc(N2C[C@@H](c3nc4ccccc4n3Cc3ccc(C)cc3)CC2=O)c1. The summed E-state index contributed by atoms with van der Waals surface area (Å²) in [7, 11) is 1.64. The van der Waals surface area contributed by atoms with Gasteiger partial charge in [0, 0.05) is 37.2 Å². The number of imidazole rings is 1. The molecule has 1 amide bonds. The molecular formula is C26H25N3O2. The molecule has 2 heterocycles. The first-order valence-corrected chi connectivity index (χ1v) is 10.6. The molecule has 0 saturated carbocycles. The van der Waals surface area contributed by atoms with Gasteiger partial charge in [-0.25, -0.2) is 4.98 Å². The molecule has 1 aromatic heterocycles. The number of amides is 1. The van der Waals surface area contributed by atoms with Gasteiger partial charge in [0.05, 0.1) is 18.1 Å². The lowest BCUT2D eigenvalue weighted by atomic mass is 10.1. The van der Waals surface area contributed by atoms with Gasteiger partial charge in [-0.05, 0) is 36.8 Å². The minimum atomic E-state index is 0.0385. The average molecular weight is 412 g/mol. The number of methoxy groups -OCH3 is 1. The number of aryl methyl sites for hydroxylation is 1. The Morgan fingerprint density at radius 3 is 2.65 bits per heavy atom. The van der Waals surface area contributed by atoms with Gasteiger partial charge < -0.3 is 14.2 Å². The molecule has 0 unspecified atom stereocenters. The van der Waals surface area contributed by atoms with E-state index in [9.17, 15) is 4.79 Å². The van der Waals surface area contributed by atoms with Gasteiger partial charge in [-0.1, -0.05) is 48.0 Å². The largest absolute Gasteiger partial charge is 0.497 e. The van der Waals surface area contributed by atoms with Gasteiger partial charge in [0.2, 0.25) is 5.91 Å². The van der Waals surface area contributed by atoms with Crippen LogP contribution in [0, 0.1) is 6.92 Å². The van der Waals surface area contributed by atoms with Gasteiger partial charge in [-0.2, -0.15) is 0 Å². The monoisotopic (exact) mass is 411 g/mol. The van der Waals surface area contributed by atoms with E-state index >= 15 is 0 Å². The van der Waals surface area contributed by atoms with Crippen LogP contribution >= 0.6 is 0 Å². The summed E-state index contributed by atoms with van der Waals surface area (Å²) in [4.78, 5) is 19.7. The number of nitrogens with zero attached hydrogens (tertiary/aromatic N) is 3. The fourth-order valence-electron chi connectivity index (χ4n) is 4.36. The molecule has 5 nitrogen and oxygen atoms in total. The number of benzene rings is 3. The van der Waals surface area contributed by atoms with E-state index in [1.54, 1.807) is 7.11 Å². The van der Waals surface area contributed by atoms with E-state index in [4.69, 9.17) is 9.72 Å². The molecule has 31 heavy (non-hydrogen) atoms. The van der Waals surface area contributed by atoms with Crippen LogP contribution in [-0.4, -0.2) is 29.1 Å². The van der Waals surface area contributed by atoms with E-state index in [0.717, 1.165) is 34.8 Å². The number of aromatic nitrogens is 2. The molecule has 3 aromatic carbocycles. The van der Waals surface area contributed by atoms with Crippen molar-refractivity contribution in [1.29, 1.82) is 0 Å². The number of carbonyl (C=O) groups excluding carboxylic acids is 1. The topological polar surface area (TPSA) is 47.4 Å². The summed E-state index contributed by atoms with van der Waals surface area (Å²) in [6.07, 6.45) is 0.453. The van der Waals surface area contributed by atoms with Crippen molar-refractivity contribution in [2.24, 2.45) is 0 Å².